The number of esters is 1. The van der Waals surface area contributed by atoms with Crippen LogP contribution in [0.25, 0.3) is 0 Å². The summed E-state index contributed by atoms with van der Waals surface area (Å²) in [5, 5.41) is 2.86. The average Bonchev–Trinajstić information content (AvgIpc) is 3.62. The lowest BCUT2D eigenvalue weighted by Gasteiger charge is -2.31. The van der Waals surface area contributed by atoms with Gasteiger partial charge in [-0.1, -0.05) is 18.2 Å². The molecule has 1 aliphatic carbocycles. The fourth-order valence-corrected chi connectivity index (χ4v) is 5.14. The van der Waals surface area contributed by atoms with Crippen molar-refractivity contribution in [3.63, 3.8) is 0 Å². The van der Waals surface area contributed by atoms with E-state index in [1.165, 1.54) is 12.1 Å². The van der Waals surface area contributed by atoms with E-state index >= 15 is 0 Å². The largest absolute Gasteiger partial charge is 0.496 e. The predicted octanol–water partition coefficient (Wildman–Crippen LogP) is 4.14. The number of ether oxygens (including phenoxy) is 2. The van der Waals surface area contributed by atoms with Crippen LogP contribution in [-0.4, -0.2) is 42.4 Å². The number of hydrogen-bond donors (Lipinski definition) is 1. The Hall–Kier alpha value is -2.94. The van der Waals surface area contributed by atoms with Gasteiger partial charge in [0.25, 0.3) is 0 Å². The number of carbonyl (C=O) groups is 3. The molecule has 2 aromatic carbocycles. The summed E-state index contributed by atoms with van der Waals surface area (Å²) in [5.74, 6) is -1.50. The fourth-order valence-electron chi connectivity index (χ4n) is 4.58. The van der Waals surface area contributed by atoms with Gasteiger partial charge in [-0.15, -0.1) is 0 Å². The summed E-state index contributed by atoms with van der Waals surface area (Å²) in [6.45, 7) is 2.11. The zero-order valence-corrected chi connectivity index (χ0v) is 21.2. The van der Waals surface area contributed by atoms with Crippen LogP contribution in [0.5, 0.6) is 5.75 Å². The van der Waals surface area contributed by atoms with E-state index in [2.05, 4.69) is 21.2 Å². The lowest BCUT2D eigenvalue weighted by atomic mass is 9.93. The third-order valence-electron chi connectivity index (χ3n) is 6.46. The highest BCUT2D eigenvalue weighted by Crippen LogP contribution is 2.46. The summed E-state index contributed by atoms with van der Waals surface area (Å²) < 4.78 is 24.6. The number of halogens is 2. The van der Waals surface area contributed by atoms with Gasteiger partial charge in [-0.3, -0.25) is 14.4 Å². The number of nitrogens with zero attached hydrogens (tertiary/aromatic N) is 1. The van der Waals surface area contributed by atoms with Gasteiger partial charge in [0.05, 0.1) is 30.1 Å². The van der Waals surface area contributed by atoms with E-state index in [0.29, 0.717) is 10.2 Å². The highest BCUT2D eigenvalue weighted by atomic mass is 79.9. The van der Waals surface area contributed by atoms with Crippen LogP contribution in [0.3, 0.4) is 0 Å². The van der Waals surface area contributed by atoms with Gasteiger partial charge in [0.1, 0.15) is 17.6 Å². The van der Waals surface area contributed by atoms with Crippen LogP contribution in [0.15, 0.2) is 46.9 Å². The summed E-state index contributed by atoms with van der Waals surface area (Å²) in [5.41, 5.74) is 1.45. The normalized spacial score (nSPS) is 21.5. The molecule has 0 aromatic heterocycles. The van der Waals surface area contributed by atoms with E-state index in [0.717, 1.165) is 24.0 Å². The highest BCUT2D eigenvalue weighted by molar-refractivity contribution is 9.10. The maximum Gasteiger partial charge on any atom is 0.311 e. The maximum absolute atomic E-state index is 13.5. The van der Waals surface area contributed by atoms with Gasteiger partial charge in [0.15, 0.2) is 0 Å². The van der Waals surface area contributed by atoms with Crippen molar-refractivity contribution in [2.24, 2.45) is 11.8 Å². The monoisotopic (exact) mass is 546 g/mol. The van der Waals surface area contributed by atoms with Crippen LogP contribution in [0.2, 0.25) is 0 Å². The number of methoxy groups -OCH3 is 1. The summed E-state index contributed by atoms with van der Waals surface area (Å²) in [7, 11) is 1.56. The molecule has 0 radical (unpaired) electrons. The van der Waals surface area contributed by atoms with Gasteiger partial charge in [-0.25, -0.2) is 4.39 Å². The van der Waals surface area contributed by atoms with Crippen molar-refractivity contribution >= 4 is 33.7 Å². The first-order chi connectivity index (χ1) is 16.8. The molecule has 35 heavy (non-hydrogen) atoms. The molecule has 4 rings (SSSR count). The first-order valence-electron chi connectivity index (χ1n) is 11.7. The molecule has 1 saturated heterocycles. The van der Waals surface area contributed by atoms with E-state index < -0.39 is 24.0 Å². The lowest BCUT2D eigenvalue weighted by molar-refractivity contribution is -0.150. The van der Waals surface area contributed by atoms with Crippen molar-refractivity contribution < 1.29 is 28.2 Å². The molecule has 3 unspecified atom stereocenters. The number of carbonyl (C=O) groups excluding carboxylic acids is 3. The van der Waals surface area contributed by atoms with E-state index in [-0.39, 0.29) is 43.1 Å². The first-order valence-corrected chi connectivity index (χ1v) is 12.5. The van der Waals surface area contributed by atoms with Crippen LogP contribution in [0.4, 0.5) is 4.39 Å². The van der Waals surface area contributed by atoms with Crippen LogP contribution in [0, 0.1) is 17.7 Å². The van der Waals surface area contributed by atoms with E-state index in [4.69, 9.17) is 9.47 Å². The van der Waals surface area contributed by atoms with Gasteiger partial charge in [0, 0.05) is 12.5 Å². The Morgan fingerprint density at radius 3 is 2.46 bits per heavy atom. The second-order valence-electron chi connectivity index (χ2n) is 8.81. The molecule has 3 atom stereocenters. The van der Waals surface area contributed by atoms with Gasteiger partial charge >= 0.3 is 5.97 Å². The molecule has 9 heteroatoms. The summed E-state index contributed by atoms with van der Waals surface area (Å²) >= 11 is 3.49. The molecular weight excluding hydrogens is 519 g/mol. The Kier molecular flexibility index (Phi) is 7.74. The average molecular weight is 547 g/mol. The summed E-state index contributed by atoms with van der Waals surface area (Å²) in [4.78, 5) is 41.4. The Labute approximate surface area is 212 Å². The molecule has 2 aromatic rings. The summed E-state index contributed by atoms with van der Waals surface area (Å²) in [6.07, 6.45) is 1.69. The van der Waals surface area contributed by atoms with Crippen LogP contribution < -0.4 is 10.1 Å². The van der Waals surface area contributed by atoms with Crippen molar-refractivity contribution in [1.29, 1.82) is 0 Å². The SMILES string of the molecule is CCOC(=O)C1CC(C(=O)NCc2ccc(F)cc2)N(C(=O)C2CC2)C1c1ccc(OC)c(Br)c1. The second-order valence-corrected chi connectivity index (χ2v) is 9.67. The molecule has 1 heterocycles. The van der Waals surface area contributed by atoms with E-state index in [9.17, 15) is 18.8 Å². The number of amides is 2. The van der Waals surface area contributed by atoms with Gasteiger partial charge in [-0.2, -0.15) is 0 Å². The molecule has 2 aliphatic rings. The lowest BCUT2D eigenvalue weighted by Crippen LogP contribution is -2.47. The molecule has 0 spiro atoms. The molecule has 7 nitrogen and oxygen atoms in total. The Morgan fingerprint density at radius 1 is 1.14 bits per heavy atom. The molecule has 0 bridgehead atoms. The Bertz CT molecular complexity index is 1110. The minimum absolute atomic E-state index is 0.129. The van der Waals surface area contributed by atoms with Crippen LogP contribution in [0.1, 0.15) is 43.4 Å². The minimum Gasteiger partial charge on any atom is -0.496 e. The van der Waals surface area contributed by atoms with Crippen LogP contribution in [-0.2, 0) is 25.7 Å². The number of rotatable bonds is 8. The third kappa shape index (κ3) is 5.50. The van der Waals surface area contributed by atoms with E-state index in [1.807, 2.05) is 12.1 Å². The predicted molar refractivity (Wildman–Crippen MR) is 130 cm³/mol. The molecule has 1 N–H and O–H groups in total. The molecule has 1 aliphatic heterocycles. The first kappa shape index (κ1) is 25.2. The van der Waals surface area contributed by atoms with Crippen LogP contribution >= 0.6 is 15.9 Å². The smallest absolute Gasteiger partial charge is 0.311 e. The van der Waals surface area contributed by atoms with Crippen molar-refractivity contribution in [3.8, 4) is 5.75 Å². The number of nitrogens with one attached hydrogen (secondary N) is 1. The Balaban J connectivity index is 1.66. The number of benzene rings is 2. The fraction of sp³-hybridized carbons (Fsp3) is 0.423. The van der Waals surface area contributed by atoms with Crippen molar-refractivity contribution in [3.05, 3.63) is 63.9 Å². The molecule has 2 amide bonds. The molecule has 186 valence electrons. The van der Waals surface area contributed by atoms with Gasteiger partial charge in [0.2, 0.25) is 11.8 Å². The third-order valence-corrected chi connectivity index (χ3v) is 7.08. The van der Waals surface area contributed by atoms with Crippen molar-refractivity contribution in [1.82, 2.24) is 10.2 Å². The van der Waals surface area contributed by atoms with Gasteiger partial charge in [-0.05, 0) is 77.5 Å². The number of hydrogen-bond acceptors (Lipinski definition) is 5. The highest BCUT2D eigenvalue weighted by Gasteiger charge is 2.53. The molecule has 2 fully saturated rings. The zero-order valence-electron chi connectivity index (χ0n) is 19.6. The maximum atomic E-state index is 13.5. The Morgan fingerprint density at radius 2 is 1.86 bits per heavy atom. The standard InChI is InChI=1S/C26H28BrFN2O5/c1-3-35-26(33)19-13-21(24(31)29-14-15-4-9-18(28)10-5-15)30(25(32)16-6-7-16)23(19)17-8-11-22(34-2)20(27)12-17/h4-5,8-12,16,19,21,23H,3,6-7,13-14H2,1-2H3,(H,29,31). The minimum atomic E-state index is -0.830. The molecule has 1 saturated carbocycles. The van der Waals surface area contributed by atoms with E-state index in [1.54, 1.807) is 37.1 Å². The zero-order chi connectivity index (χ0) is 25.1. The van der Waals surface area contributed by atoms with Crippen molar-refractivity contribution in [2.45, 2.75) is 44.8 Å². The number of likely N-dealkylation sites (tertiary alicyclic amines) is 1. The summed E-state index contributed by atoms with van der Waals surface area (Å²) in [6, 6.07) is 9.77. The van der Waals surface area contributed by atoms with Gasteiger partial charge < -0.3 is 19.7 Å². The van der Waals surface area contributed by atoms with Crippen molar-refractivity contribution in [2.75, 3.05) is 13.7 Å². The topological polar surface area (TPSA) is 84.9 Å². The second kappa shape index (κ2) is 10.8. The molecular formula is C26H28BrFN2O5. The quantitative estimate of drug-likeness (QED) is 0.503.